The molecule has 0 radical (unpaired) electrons. The molecule has 1 amide bonds. The van der Waals surface area contributed by atoms with Crippen LogP contribution in [0, 0.1) is 0 Å². The van der Waals surface area contributed by atoms with Gasteiger partial charge >= 0.3 is 0 Å². The van der Waals surface area contributed by atoms with E-state index in [1.165, 1.54) is 12.8 Å². The Kier molecular flexibility index (Phi) is 4.87. The summed E-state index contributed by atoms with van der Waals surface area (Å²) in [5.41, 5.74) is 0.689. The molecule has 18 heavy (non-hydrogen) atoms. The Bertz CT molecular complexity index is 431. The van der Waals surface area contributed by atoms with Gasteiger partial charge in [-0.05, 0) is 44.0 Å². The number of rotatable bonds is 4. The van der Waals surface area contributed by atoms with Crippen molar-refractivity contribution < 1.29 is 4.79 Å². The van der Waals surface area contributed by atoms with Crippen molar-refractivity contribution in [2.75, 3.05) is 11.9 Å². The molecule has 1 saturated heterocycles. The molecule has 1 aliphatic rings. The highest BCUT2D eigenvalue weighted by atomic mass is 35.5. The Labute approximate surface area is 117 Å². The molecule has 1 atom stereocenters. The highest BCUT2D eigenvalue weighted by Crippen LogP contribution is 2.25. The number of hydrogen-bond acceptors (Lipinski definition) is 2. The summed E-state index contributed by atoms with van der Waals surface area (Å²) >= 11 is 11.7. The second-order valence-electron chi connectivity index (χ2n) is 4.51. The van der Waals surface area contributed by atoms with Gasteiger partial charge in [-0.15, -0.1) is 0 Å². The van der Waals surface area contributed by atoms with Gasteiger partial charge in [0.05, 0.1) is 10.0 Å². The fourth-order valence-electron chi connectivity index (χ4n) is 2.11. The largest absolute Gasteiger partial charge is 0.326 e. The van der Waals surface area contributed by atoms with Crippen molar-refractivity contribution >= 4 is 34.8 Å². The quantitative estimate of drug-likeness (QED) is 0.890. The van der Waals surface area contributed by atoms with Crippen molar-refractivity contribution in [1.29, 1.82) is 0 Å². The second-order valence-corrected chi connectivity index (χ2v) is 5.32. The lowest BCUT2D eigenvalue weighted by atomic mass is 10.1. The summed E-state index contributed by atoms with van der Waals surface area (Å²) in [7, 11) is 0. The maximum absolute atomic E-state index is 11.8. The minimum Gasteiger partial charge on any atom is -0.326 e. The zero-order chi connectivity index (χ0) is 13.0. The number of amides is 1. The molecule has 1 fully saturated rings. The normalized spacial score (nSPS) is 18.9. The van der Waals surface area contributed by atoms with Crippen molar-refractivity contribution in [3.63, 3.8) is 0 Å². The standard InChI is InChI=1S/C13H16Cl2N2O/c14-11-5-3-10(8-12(11)15)17-13(18)6-4-9-2-1-7-16-9/h3,5,8-9,16H,1-2,4,6-7H2,(H,17,18). The third-order valence-electron chi connectivity index (χ3n) is 3.09. The average Bonchev–Trinajstić information content (AvgIpc) is 2.84. The summed E-state index contributed by atoms with van der Waals surface area (Å²) < 4.78 is 0. The molecule has 5 heteroatoms. The van der Waals surface area contributed by atoms with Gasteiger partial charge in [0.25, 0.3) is 0 Å². The Morgan fingerprint density at radius 3 is 2.89 bits per heavy atom. The lowest BCUT2D eigenvalue weighted by Gasteiger charge is -2.10. The maximum atomic E-state index is 11.8. The van der Waals surface area contributed by atoms with Crippen LogP contribution in [-0.4, -0.2) is 18.5 Å². The third kappa shape index (κ3) is 3.87. The van der Waals surface area contributed by atoms with E-state index in [-0.39, 0.29) is 5.91 Å². The van der Waals surface area contributed by atoms with E-state index in [2.05, 4.69) is 10.6 Å². The van der Waals surface area contributed by atoms with Crippen LogP contribution in [0.15, 0.2) is 18.2 Å². The van der Waals surface area contributed by atoms with Crippen LogP contribution in [0.5, 0.6) is 0 Å². The minimum atomic E-state index is 0.0158. The summed E-state index contributed by atoms with van der Waals surface area (Å²) in [5, 5.41) is 7.14. The number of hydrogen-bond donors (Lipinski definition) is 2. The van der Waals surface area contributed by atoms with E-state index >= 15 is 0 Å². The molecule has 98 valence electrons. The van der Waals surface area contributed by atoms with Gasteiger partial charge in [0, 0.05) is 18.2 Å². The van der Waals surface area contributed by atoms with Crippen LogP contribution in [0.3, 0.4) is 0 Å². The number of halogens is 2. The van der Waals surface area contributed by atoms with Crippen LogP contribution in [-0.2, 0) is 4.79 Å². The first kappa shape index (κ1) is 13.7. The van der Waals surface area contributed by atoms with E-state index < -0.39 is 0 Å². The molecule has 1 aromatic carbocycles. The van der Waals surface area contributed by atoms with Crippen LogP contribution in [0.1, 0.15) is 25.7 Å². The number of nitrogens with one attached hydrogen (secondary N) is 2. The van der Waals surface area contributed by atoms with E-state index in [4.69, 9.17) is 23.2 Å². The summed E-state index contributed by atoms with van der Waals surface area (Å²) in [6, 6.07) is 5.58. The lowest BCUT2D eigenvalue weighted by Crippen LogP contribution is -2.23. The van der Waals surface area contributed by atoms with E-state index in [0.717, 1.165) is 13.0 Å². The zero-order valence-electron chi connectivity index (χ0n) is 10.0. The van der Waals surface area contributed by atoms with Crippen molar-refractivity contribution in [3.8, 4) is 0 Å². The van der Waals surface area contributed by atoms with E-state index in [1.807, 2.05) is 0 Å². The van der Waals surface area contributed by atoms with Crippen LogP contribution in [0.2, 0.25) is 10.0 Å². The Balaban J connectivity index is 1.80. The van der Waals surface area contributed by atoms with Gasteiger partial charge in [0.15, 0.2) is 0 Å². The molecule has 1 aliphatic heterocycles. The number of anilines is 1. The predicted molar refractivity (Wildman–Crippen MR) is 75.4 cm³/mol. The molecule has 0 bridgehead atoms. The SMILES string of the molecule is O=C(CCC1CCCN1)Nc1ccc(Cl)c(Cl)c1. The zero-order valence-corrected chi connectivity index (χ0v) is 11.5. The first-order valence-corrected chi connectivity index (χ1v) is 6.89. The monoisotopic (exact) mass is 286 g/mol. The first-order valence-electron chi connectivity index (χ1n) is 6.13. The maximum Gasteiger partial charge on any atom is 0.224 e. The molecule has 2 N–H and O–H groups in total. The highest BCUT2D eigenvalue weighted by molar-refractivity contribution is 6.42. The van der Waals surface area contributed by atoms with Crippen molar-refractivity contribution in [1.82, 2.24) is 5.32 Å². The van der Waals surface area contributed by atoms with Gasteiger partial charge in [-0.1, -0.05) is 23.2 Å². The van der Waals surface area contributed by atoms with Gasteiger partial charge in [-0.2, -0.15) is 0 Å². The minimum absolute atomic E-state index is 0.0158. The van der Waals surface area contributed by atoms with Crippen molar-refractivity contribution in [2.24, 2.45) is 0 Å². The first-order chi connectivity index (χ1) is 8.65. The topological polar surface area (TPSA) is 41.1 Å². The number of carbonyl (C=O) groups is 1. The Morgan fingerprint density at radius 2 is 2.22 bits per heavy atom. The number of carbonyl (C=O) groups excluding carboxylic acids is 1. The molecular formula is C13H16Cl2N2O. The van der Waals surface area contributed by atoms with Crippen molar-refractivity contribution in [2.45, 2.75) is 31.7 Å². The fourth-order valence-corrected chi connectivity index (χ4v) is 2.40. The Morgan fingerprint density at radius 1 is 1.39 bits per heavy atom. The van der Waals surface area contributed by atoms with Crippen LogP contribution in [0.25, 0.3) is 0 Å². The number of benzene rings is 1. The summed E-state index contributed by atoms with van der Waals surface area (Å²) in [6.45, 7) is 1.07. The van der Waals surface area contributed by atoms with E-state index in [1.54, 1.807) is 18.2 Å². The molecule has 0 aromatic heterocycles. The van der Waals surface area contributed by atoms with E-state index in [9.17, 15) is 4.79 Å². The molecule has 1 heterocycles. The molecule has 0 spiro atoms. The van der Waals surface area contributed by atoms with Gasteiger partial charge in [0.1, 0.15) is 0 Å². The van der Waals surface area contributed by atoms with Gasteiger partial charge in [-0.3, -0.25) is 4.79 Å². The molecule has 1 aromatic rings. The second kappa shape index (κ2) is 6.41. The molecule has 0 saturated carbocycles. The smallest absolute Gasteiger partial charge is 0.224 e. The van der Waals surface area contributed by atoms with Crippen molar-refractivity contribution in [3.05, 3.63) is 28.2 Å². The predicted octanol–water partition coefficient (Wildman–Crippen LogP) is 3.46. The van der Waals surface area contributed by atoms with Gasteiger partial charge in [0.2, 0.25) is 5.91 Å². The fraction of sp³-hybridized carbons (Fsp3) is 0.462. The highest BCUT2D eigenvalue weighted by Gasteiger charge is 2.15. The average molecular weight is 287 g/mol. The summed E-state index contributed by atoms with van der Waals surface area (Å²) in [6.07, 6.45) is 3.78. The van der Waals surface area contributed by atoms with Crippen LogP contribution >= 0.6 is 23.2 Å². The summed E-state index contributed by atoms with van der Waals surface area (Å²) in [5.74, 6) is 0.0158. The molecule has 2 rings (SSSR count). The van der Waals surface area contributed by atoms with Gasteiger partial charge < -0.3 is 10.6 Å². The van der Waals surface area contributed by atoms with Crippen LogP contribution in [0.4, 0.5) is 5.69 Å². The van der Waals surface area contributed by atoms with Crippen LogP contribution < -0.4 is 10.6 Å². The third-order valence-corrected chi connectivity index (χ3v) is 3.82. The molecule has 0 aliphatic carbocycles. The Hall–Kier alpha value is -0.770. The summed E-state index contributed by atoms with van der Waals surface area (Å²) in [4.78, 5) is 11.8. The molecule has 3 nitrogen and oxygen atoms in total. The molecule has 1 unspecified atom stereocenters. The van der Waals surface area contributed by atoms with Gasteiger partial charge in [-0.25, -0.2) is 0 Å². The lowest BCUT2D eigenvalue weighted by molar-refractivity contribution is -0.116. The molecular weight excluding hydrogens is 271 g/mol. The van der Waals surface area contributed by atoms with E-state index in [0.29, 0.717) is 28.2 Å².